The first kappa shape index (κ1) is 19.1. The second-order valence-corrected chi connectivity index (χ2v) is 8.89. The lowest BCUT2D eigenvalue weighted by atomic mass is 10.2. The van der Waals surface area contributed by atoms with Gasteiger partial charge in [0, 0.05) is 31.2 Å². The van der Waals surface area contributed by atoms with E-state index in [0.717, 1.165) is 5.56 Å². The Kier molecular flexibility index (Phi) is 5.29. The number of benzene rings is 2. The van der Waals surface area contributed by atoms with E-state index in [1.54, 1.807) is 42.1 Å². The monoisotopic (exact) mass is 401 g/mol. The number of rotatable bonds is 4. The van der Waals surface area contributed by atoms with Gasteiger partial charge in [-0.2, -0.15) is 4.99 Å². The zero-order valence-electron chi connectivity index (χ0n) is 15.2. The molecule has 0 N–H and O–H groups in total. The predicted molar refractivity (Wildman–Crippen MR) is 106 cm³/mol. The van der Waals surface area contributed by atoms with Crippen LogP contribution in [0.15, 0.2) is 70.0 Å². The van der Waals surface area contributed by atoms with Crippen LogP contribution in [-0.2, 0) is 17.1 Å². The molecule has 0 atom stereocenters. The lowest BCUT2D eigenvalue weighted by molar-refractivity contribution is 0.0997. The molecular formula is C19H19N3O3S2. The van der Waals surface area contributed by atoms with Crippen molar-refractivity contribution in [2.75, 3.05) is 11.4 Å². The largest absolute Gasteiger partial charge is 0.327 e. The molecule has 2 aromatic carbocycles. The Morgan fingerprint density at radius 2 is 1.85 bits per heavy atom. The molecule has 0 fully saturated rings. The summed E-state index contributed by atoms with van der Waals surface area (Å²) in [6, 6.07) is 13.1. The maximum Gasteiger partial charge on any atom is 0.279 e. The van der Waals surface area contributed by atoms with Crippen molar-refractivity contribution in [1.82, 2.24) is 4.57 Å². The number of hydrogen-bond donors (Lipinski definition) is 0. The molecule has 0 unspecified atom stereocenters. The number of thiazole rings is 1. The molecule has 0 spiro atoms. The van der Waals surface area contributed by atoms with Gasteiger partial charge in [0.05, 0.1) is 10.6 Å². The standard InChI is InChI=1S/C19H19N3O3S2/c1-14-7-9-16(10-8-14)22(3)27(24,25)17-6-4-5-15(13-17)18(23)20-19-21(2)11-12-26-19/h4-13H,1-3H3. The lowest BCUT2D eigenvalue weighted by Gasteiger charge is -2.20. The third-order valence-corrected chi connectivity index (χ3v) is 6.72. The molecule has 0 aliphatic carbocycles. The molecule has 0 aliphatic rings. The zero-order chi connectivity index (χ0) is 19.6. The highest BCUT2D eigenvalue weighted by Crippen LogP contribution is 2.23. The second-order valence-electron chi connectivity index (χ2n) is 6.05. The molecule has 1 aromatic heterocycles. The Morgan fingerprint density at radius 3 is 2.48 bits per heavy atom. The zero-order valence-corrected chi connectivity index (χ0v) is 16.8. The molecule has 0 bridgehead atoms. The van der Waals surface area contributed by atoms with Gasteiger partial charge in [-0.3, -0.25) is 9.10 Å². The van der Waals surface area contributed by atoms with Crippen LogP contribution < -0.4 is 9.11 Å². The van der Waals surface area contributed by atoms with Gasteiger partial charge in [-0.15, -0.1) is 11.3 Å². The van der Waals surface area contributed by atoms with E-state index in [0.29, 0.717) is 10.5 Å². The van der Waals surface area contributed by atoms with Crippen LogP contribution in [0.3, 0.4) is 0 Å². The normalized spacial score (nSPS) is 12.2. The number of aryl methyl sites for hydroxylation is 2. The van der Waals surface area contributed by atoms with Gasteiger partial charge >= 0.3 is 0 Å². The van der Waals surface area contributed by atoms with E-state index in [9.17, 15) is 13.2 Å². The molecule has 0 saturated carbocycles. The number of anilines is 1. The molecule has 6 nitrogen and oxygen atoms in total. The molecule has 1 heterocycles. The van der Waals surface area contributed by atoms with Crippen LogP contribution in [0.2, 0.25) is 0 Å². The first-order valence-corrected chi connectivity index (χ1v) is 10.5. The van der Waals surface area contributed by atoms with Crippen molar-refractivity contribution in [2.24, 2.45) is 12.0 Å². The summed E-state index contributed by atoms with van der Waals surface area (Å²) in [5.74, 6) is -0.483. The van der Waals surface area contributed by atoms with Crippen molar-refractivity contribution >= 4 is 33.0 Å². The van der Waals surface area contributed by atoms with E-state index in [1.165, 1.54) is 34.8 Å². The summed E-state index contributed by atoms with van der Waals surface area (Å²) in [6.45, 7) is 1.93. The molecule has 0 aliphatic heterocycles. The minimum atomic E-state index is -3.79. The summed E-state index contributed by atoms with van der Waals surface area (Å²) < 4.78 is 28.8. The van der Waals surface area contributed by atoms with E-state index >= 15 is 0 Å². The molecule has 0 radical (unpaired) electrons. The van der Waals surface area contributed by atoms with Gasteiger partial charge in [0.1, 0.15) is 0 Å². The number of hydrogen-bond acceptors (Lipinski definition) is 4. The third kappa shape index (κ3) is 4.01. The van der Waals surface area contributed by atoms with Crippen molar-refractivity contribution in [3.8, 4) is 0 Å². The Labute approximate surface area is 162 Å². The predicted octanol–water partition coefficient (Wildman–Crippen LogP) is 2.96. The summed E-state index contributed by atoms with van der Waals surface area (Å²) in [6.07, 6.45) is 1.80. The highest BCUT2D eigenvalue weighted by molar-refractivity contribution is 7.92. The number of carbonyl (C=O) groups excluding carboxylic acids is 1. The van der Waals surface area contributed by atoms with E-state index in [4.69, 9.17) is 0 Å². The molecule has 8 heteroatoms. The Balaban J connectivity index is 1.95. The van der Waals surface area contributed by atoms with Crippen LogP contribution >= 0.6 is 11.3 Å². The summed E-state index contributed by atoms with van der Waals surface area (Å²) in [4.78, 5) is 17.1. The molecule has 0 saturated heterocycles. The highest BCUT2D eigenvalue weighted by Gasteiger charge is 2.22. The summed E-state index contributed by atoms with van der Waals surface area (Å²) in [5.41, 5.74) is 1.81. The Bertz CT molecular complexity index is 1140. The molecule has 140 valence electrons. The van der Waals surface area contributed by atoms with Crippen LogP contribution in [0.1, 0.15) is 15.9 Å². The van der Waals surface area contributed by atoms with Gasteiger partial charge in [-0.1, -0.05) is 23.8 Å². The van der Waals surface area contributed by atoms with Crippen LogP contribution in [0.5, 0.6) is 0 Å². The third-order valence-electron chi connectivity index (χ3n) is 4.09. The average molecular weight is 402 g/mol. The maximum atomic E-state index is 12.9. The topological polar surface area (TPSA) is 71.7 Å². The number of sulfonamides is 1. The van der Waals surface area contributed by atoms with Crippen LogP contribution in [0.4, 0.5) is 5.69 Å². The summed E-state index contributed by atoms with van der Waals surface area (Å²) >= 11 is 1.33. The first-order valence-electron chi connectivity index (χ1n) is 8.14. The van der Waals surface area contributed by atoms with E-state index in [1.807, 2.05) is 24.4 Å². The van der Waals surface area contributed by atoms with Crippen molar-refractivity contribution < 1.29 is 13.2 Å². The minimum absolute atomic E-state index is 0.0437. The van der Waals surface area contributed by atoms with Crippen molar-refractivity contribution in [1.29, 1.82) is 0 Å². The quantitative estimate of drug-likeness (QED) is 0.675. The van der Waals surface area contributed by atoms with Crippen LogP contribution in [0.25, 0.3) is 0 Å². The Hall–Kier alpha value is -2.71. The smallest absolute Gasteiger partial charge is 0.279 e. The van der Waals surface area contributed by atoms with Gasteiger partial charge in [0.2, 0.25) is 0 Å². The van der Waals surface area contributed by atoms with Crippen molar-refractivity contribution in [3.63, 3.8) is 0 Å². The fourth-order valence-corrected chi connectivity index (χ4v) is 4.40. The van der Waals surface area contributed by atoms with Gasteiger partial charge < -0.3 is 4.57 Å². The number of amides is 1. The van der Waals surface area contributed by atoms with Crippen molar-refractivity contribution in [2.45, 2.75) is 11.8 Å². The van der Waals surface area contributed by atoms with E-state index < -0.39 is 15.9 Å². The van der Waals surface area contributed by atoms with Crippen LogP contribution in [0, 0.1) is 6.92 Å². The fourth-order valence-electron chi connectivity index (χ4n) is 2.43. The second kappa shape index (κ2) is 7.50. The van der Waals surface area contributed by atoms with Gasteiger partial charge in [-0.05, 0) is 37.3 Å². The Morgan fingerprint density at radius 1 is 1.15 bits per heavy atom. The molecule has 3 rings (SSSR count). The number of nitrogens with zero attached hydrogens (tertiary/aromatic N) is 3. The van der Waals surface area contributed by atoms with Crippen molar-refractivity contribution in [3.05, 3.63) is 76.0 Å². The van der Waals surface area contributed by atoms with E-state index in [-0.39, 0.29) is 10.5 Å². The first-order chi connectivity index (χ1) is 12.8. The maximum absolute atomic E-state index is 12.9. The SMILES string of the molecule is Cc1ccc(N(C)S(=O)(=O)c2cccc(C(=O)N=c3sccn3C)c2)cc1. The molecule has 1 amide bonds. The number of aromatic nitrogens is 1. The van der Waals surface area contributed by atoms with E-state index in [2.05, 4.69) is 4.99 Å². The minimum Gasteiger partial charge on any atom is -0.327 e. The lowest BCUT2D eigenvalue weighted by Crippen LogP contribution is -2.26. The summed E-state index contributed by atoms with van der Waals surface area (Å²) in [5, 5.41) is 1.82. The van der Waals surface area contributed by atoms with Gasteiger partial charge in [0.25, 0.3) is 15.9 Å². The fraction of sp³-hybridized carbons (Fsp3) is 0.158. The molecule has 3 aromatic rings. The summed E-state index contributed by atoms with van der Waals surface area (Å²) in [7, 11) is -0.512. The number of carbonyl (C=O) groups is 1. The van der Waals surface area contributed by atoms with Crippen LogP contribution in [-0.4, -0.2) is 25.9 Å². The molecular weight excluding hydrogens is 382 g/mol. The molecule has 27 heavy (non-hydrogen) atoms. The average Bonchev–Trinajstić information content (AvgIpc) is 3.06. The van der Waals surface area contributed by atoms with Gasteiger partial charge in [-0.25, -0.2) is 8.42 Å². The van der Waals surface area contributed by atoms with Gasteiger partial charge in [0.15, 0.2) is 4.80 Å². The highest BCUT2D eigenvalue weighted by atomic mass is 32.2.